The van der Waals surface area contributed by atoms with Gasteiger partial charge in [0, 0.05) is 27.8 Å². The molecule has 7 rings (SSSR count). The zero-order valence-corrected chi connectivity index (χ0v) is 20.9. The molecule has 0 bridgehead atoms. The molecule has 0 atom stereocenters. The van der Waals surface area contributed by atoms with Crippen LogP contribution in [0.3, 0.4) is 0 Å². The first kappa shape index (κ1) is 22.1. The highest BCUT2D eigenvalue weighted by molar-refractivity contribution is 6.15. The van der Waals surface area contributed by atoms with Gasteiger partial charge in [-0.25, -0.2) is 0 Å². The van der Waals surface area contributed by atoms with Crippen LogP contribution in [0.4, 0.5) is 11.4 Å². The van der Waals surface area contributed by atoms with Gasteiger partial charge in [-0.2, -0.15) is 0 Å². The average Bonchev–Trinajstić information content (AvgIpc) is 3.34. The van der Waals surface area contributed by atoms with Crippen molar-refractivity contribution < 1.29 is 0 Å². The summed E-state index contributed by atoms with van der Waals surface area (Å²) in [5.74, 6) is 0. The number of nitrogens with zero attached hydrogens (tertiary/aromatic N) is 1. The molecule has 38 heavy (non-hydrogen) atoms. The van der Waals surface area contributed by atoms with Crippen molar-refractivity contribution >= 4 is 33.2 Å². The summed E-state index contributed by atoms with van der Waals surface area (Å²) in [6.07, 6.45) is 0. The van der Waals surface area contributed by atoms with E-state index in [0.29, 0.717) is 0 Å². The smallest absolute Gasteiger partial charge is 0.0562 e. The second-order valence-corrected chi connectivity index (χ2v) is 9.54. The highest BCUT2D eigenvalue weighted by Crippen LogP contribution is 2.38. The molecule has 0 saturated heterocycles. The second kappa shape index (κ2) is 9.42. The SMILES string of the molecule is c1ccc(-c2ccc(-c3cccc(Nc4cccc5c4c4ccccc4n5-c4ccccc4)c3)cc2)cc1. The normalized spacial score (nSPS) is 11.2. The lowest BCUT2D eigenvalue weighted by atomic mass is 10.00. The predicted molar refractivity (Wildman–Crippen MR) is 161 cm³/mol. The monoisotopic (exact) mass is 486 g/mol. The Morgan fingerprint density at radius 2 is 1.00 bits per heavy atom. The molecule has 2 heteroatoms. The molecular formula is C36H26N2. The average molecular weight is 487 g/mol. The molecule has 0 amide bonds. The van der Waals surface area contributed by atoms with Gasteiger partial charge < -0.3 is 9.88 Å². The molecule has 1 heterocycles. The Morgan fingerprint density at radius 3 is 1.79 bits per heavy atom. The van der Waals surface area contributed by atoms with Gasteiger partial charge in [-0.3, -0.25) is 0 Å². The molecule has 0 aliphatic heterocycles. The van der Waals surface area contributed by atoms with Crippen LogP contribution in [0.1, 0.15) is 0 Å². The minimum absolute atomic E-state index is 1.07. The lowest BCUT2D eigenvalue weighted by molar-refractivity contribution is 1.18. The fraction of sp³-hybridized carbons (Fsp3) is 0. The van der Waals surface area contributed by atoms with Gasteiger partial charge in [-0.1, -0.05) is 109 Å². The fourth-order valence-electron chi connectivity index (χ4n) is 5.40. The molecule has 0 saturated carbocycles. The van der Waals surface area contributed by atoms with Gasteiger partial charge in [0.25, 0.3) is 0 Å². The third kappa shape index (κ3) is 3.93. The summed E-state index contributed by atoms with van der Waals surface area (Å²) < 4.78 is 2.35. The molecule has 0 unspecified atom stereocenters. The number of fused-ring (bicyclic) bond motifs is 3. The maximum Gasteiger partial charge on any atom is 0.0562 e. The van der Waals surface area contributed by atoms with Crippen molar-refractivity contribution in [3.05, 3.63) is 152 Å². The molecule has 0 spiro atoms. The van der Waals surface area contributed by atoms with Crippen molar-refractivity contribution in [1.82, 2.24) is 4.57 Å². The number of aromatic nitrogens is 1. The number of hydrogen-bond donors (Lipinski definition) is 1. The lowest BCUT2D eigenvalue weighted by Gasteiger charge is -2.12. The standard InChI is InChI=1S/C36H26N2/c1-3-11-26(12-4-1)27-21-23-28(24-22-27)29-13-9-14-30(25-29)37-33-18-10-20-35-36(33)32-17-7-8-19-34(32)38(35)31-15-5-2-6-16-31/h1-25,37H. The van der Waals surface area contributed by atoms with E-state index in [9.17, 15) is 0 Å². The van der Waals surface area contributed by atoms with Crippen LogP contribution in [0.2, 0.25) is 0 Å². The van der Waals surface area contributed by atoms with E-state index in [4.69, 9.17) is 0 Å². The minimum Gasteiger partial charge on any atom is -0.355 e. The summed E-state index contributed by atoms with van der Waals surface area (Å²) in [5.41, 5.74) is 10.6. The summed E-state index contributed by atoms with van der Waals surface area (Å²) in [4.78, 5) is 0. The summed E-state index contributed by atoms with van der Waals surface area (Å²) in [6.45, 7) is 0. The number of hydrogen-bond acceptors (Lipinski definition) is 1. The number of anilines is 2. The van der Waals surface area contributed by atoms with E-state index >= 15 is 0 Å². The molecular weight excluding hydrogens is 460 g/mol. The van der Waals surface area contributed by atoms with Crippen molar-refractivity contribution in [2.24, 2.45) is 0 Å². The Bertz CT molecular complexity index is 1860. The largest absolute Gasteiger partial charge is 0.355 e. The number of para-hydroxylation sites is 2. The lowest BCUT2D eigenvalue weighted by Crippen LogP contribution is -1.94. The van der Waals surface area contributed by atoms with Crippen molar-refractivity contribution in [2.75, 3.05) is 5.32 Å². The van der Waals surface area contributed by atoms with E-state index in [2.05, 4.69) is 162 Å². The maximum atomic E-state index is 3.74. The molecule has 0 aliphatic carbocycles. The molecule has 7 aromatic rings. The van der Waals surface area contributed by atoms with E-state index in [1.54, 1.807) is 0 Å². The van der Waals surface area contributed by atoms with Crippen LogP contribution in [-0.2, 0) is 0 Å². The first-order valence-electron chi connectivity index (χ1n) is 13.0. The van der Waals surface area contributed by atoms with Crippen LogP contribution in [0.25, 0.3) is 49.7 Å². The van der Waals surface area contributed by atoms with Crippen LogP contribution in [0.15, 0.2) is 152 Å². The number of benzene rings is 6. The van der Waals surface area contributed by atoms with Crippen LogP contribution < -0.4 is 5.32 Å². The van der Waals surface area contributed by atoms with Gasteiger partial charge in [0.2, 0.25) is 0 Å². The summed E-state index contributed by atoms with van der Waals surface area (Å²) in [7, 11) is 0. The van der Waals surface area contributed by atoms with Crippen LogP contribution in [-0.4, -0.2) is 4.57 Å². The molecule has 0 fully saturated rings. The Labute approximate surface area is 222 Å². The van der Waals surface area contributed by atoms with E-state index in [0.717, 1.165) is 17.1 Å². The highest BCUT2D eigenvalue weighted by Gasteiger charge is 2.15. The van der Waals surface area contributed by atoms with Gasteiger partial charge in [0.05, 0.1) is 11.0 Å². The molecule has 6 aromatic carbocycles. The van der Waals surface area contributed by atoms with Crippen LogP contribution >= 0.6 is 0 Å². The van der Waals surface area contributed by atoms with Gasteiger partial charge >= 0.3 is 0 Å². The molecule has 2 nitrogen and oxygen atoms in total. The summed E-state index contributed by atoms with van der Waals surface area (Å²) in [5, 5.41) is 6.20. The highest BCUT2D eigenvalue weighted by atomic mass is 15.0. The van der Waals surface area contributed by atoms with E-state index in [1.807, 2.05) is 0 Å². The zero-order chi connectivity index (χ0) is 25.3. The van der Waals surface area contributed by atoms with E-state index in [1.165, 1.54) is 44.1 Å². The number of rotatable bonds is 5. The van der Waals surface area contributed by atoms with Gasteiger partial charge in [0.1, 0.15) is 0 Å². The molecule has 1 aromatic heterocycles. The minimum atomic E-state index is 1.07. The molecule has 0 aliphatic rings. The van der Waals surface area contributed by atoms with Crippen molar-refractivity contribution in [2.45, 2.75) is 0 Å². The third-order valence-electron chi connectivity index (χ3n) is 7.18. The third-order valence-corrected chi connectivity index (χ3v) is 7.18. The van der Waals surface area contributed by atoms with Gasteiger partial charge in [-0.15, -0.1) is 0 Å². The maximum absolute atomic E-state index is 3.74. The van der Waals surface area contributed by atoms with Crippen molar-refractivity contribution in [3.8, 4) is 27.9 Å². The first-order chi connectivity index (χ1) is 18.8. The topological polar surface area (TPSA) is 17.0 Å². The molecule has 180 valence electrons. The Kier molecular flexibility index (Phi) is 5.49. The van der Waals surface area contributed by atoms with Gasteiger partial charge in [0.15, 0.2) is 0 Å². The van der Waals surface area contributed by atoms with Gasteiger partial charge in [-0.05, 0) is 64.7 Å². The number of nitrogens with one attached hydrogen (secondary N) is 1. The Hall–Kier alpha value is -5.08. The van der Waals surface area contributed by atoms with E-state index in [-0.39, 0.29) is 0 Å². The van der Waals surface area contributed by atoms with E-state index < -0.39 is 0 Å². The summed E-state index contributed by atoms with van der Waals surface area (Å²) >= 11 is 0. The second-order valence-electron chi connectivity index (χ2n) is 9.54. The first-order valence-corrected chi connectivity index (χ1v) is 13.0. The quantitative estimate of drug-likeness (QED) is 0.256. The Balaban J connectivity index is 1.28. The van der Waals surface area contributed by atoms with Crippen LogP contribution in [0, 0.1) is 0 Å². The molecule has 0 radical (unpaired) electrons. The zero-order valence-electron chi connectivity index (χ0n) is 20.9. The predicted octanol–water partition coefficient (Wildman–Crippen LogP) is 9.86. The van der Waals surface area contributed by atoms with Crippen LogP contribution in [0.5, 0.6) is 0 Å². The van der Waals surface area contributed by atoms with Crippen molar-refractivity contribution in [3.63, 3.8) is 0 Å². The summed E-state index contributed by atoms with van der Waals surface area (Å²) in [6, 6.07) is 53.7. The fourth-order valence-corrected chi connectivity index (χ4v) is 5.40. The molecule has 1 N–H and O–H groups in total. The Morgan fingerprint density at radius 1 is 0.421 bits per heavy atom. The van der Waals surface area contributed by atoms with Crippen molar-refractivity contribution in [1.29, 1.82) is 0 Å².